The molecule has 2 aromatic heterocycles. The first-order valence-corrected chi connectivity index (χ1v) is 14.5. The van der Waals surface area contributed by atoms with Crippen LogP contribution in [0.25, 0.3) is 11.3 Å². The molecule has 5 aromatic rings. The molecule has 3 heterocycles. The van der Waals surface area contributed by atoms with Crippen molar-refractivity contribution in [2.75, 3.05) is 4.90 Å². The van der Waals surface area contributed by atoms with Gasteiger partial charge in [0.15, 0.2) is 5.11 Å². The van der Waals surface area contributed by atoms with Gasteiger partial charge in [-0.15, -0.1) is 0 Å². The van der Waals surface area contributed by atoms with Crippen LogP contribution in [-0.2, 0) is 0 Å². The zero-order chi connectivity index (χ0) is 30.1. The molecule has 1 saturated heterocycles. The fraction of sp³-hybridized carbons (Fsp3) is 0.0938. The minimum Gasteiger partial charge on any atom is -0.478 e. The van der Waals surface area contributed by atoms with Gasteiger partial charge in [-0.3, -0.25) is 15.1 Å². The highest BCUT2D eigenvalue weighted by atomic mass is 32.2. The summed E-state index contributed by atoms with van der Waals surface area (Å²) in [5.74, 6) is 0.312. The smallest absolute Gasteiger partial charge is 0.335 e. The average Bonchev–Trinajstić information content (AvgIpc) is 3.63. The first-order valence-electron chi connectivity index (χ1n) is 13.3. The van der Waals surface area contributed by atoms with E-state index in [1.165, 1.54) is 23.9 Å². The second-order valence-corrected chi connectivity index (χ2v) is 11.4. The van der Waals surface area contributed by atoms with E-state index in [-0.39, 0.29) is 23.3 Å². The Kier molecular flexibility index (Phi) is 7.66. The number of hydrogen-bond acceptors (Lipinski definition) is 7. The largest absolute Gasteiger partial charge is 0.478 e. The Labute approximate surface area is 256 Å². The van der Waals surface area contributed by atoms with Crippen LogP contribution in [0.4, 0.5) is 11.4 Å². The van der Waals surface area contributed by atoms with Gasteiger partial charge in [0.1, 0.15) is 17.6 Å². The normalized spacial score (nSPS) is 16.2. The number of nitro groups is 1. The Morgan fingerprint density at radius 2 is 1.74 bits per heavy atom. The molecule has 214 valence electrons. The van der Waals surface area contributed by atoms with E-state index in [2.05, 4.69) is 10.3 Å². The molecule has 2 atom stereocenters. The first kappa shape index (κ1) is 28.1. The number of pyridine rings is 1. The summed E-state index contributed by atoms with van der Waals surface area (Å²) in [4.78, 5) is 30.4. The molecule has 0 saturated carbocycles. The number of nitro benzene ring substituents is 1. The molecule has 1 aliphatic rings. The van der Waals surface area contributed by atoms with Crippen LogP contribution in [0.1, 0.15) is 39.5 Å². The van der Waals surface area contributed by atoms with E-state index in [0.29, 0.717) is 16.6 Å². The predicted molar refractivity (Wildman–Crippen MR) is 167 cm³/mol. The summed E-state index contributed by atoms with van der Waals surface area (Å²) in [7, 11) is 0. The second-order valence-electron chi connectivity index (χ2n) is 9.88. The number of thiocarbonyl (C=S) groups is 1. The molecule has 43 heavy (non-hydrogen) atoms. The van der Waals surface area contributed by atoms with Crippen molar-refractivity contribution in [3.63, 3.8) is 0 Å². The number of benzene rings is 3. The number of nitrogens with one attached hydrogen (secondary N) is 1. The lowest BCUT2D eigenvalue weighted by Gasteiger charge is -2.26. The number of rotatable bonds is 8. The highest BCUT2D eigenvalue weighted by Crippen LogP contribution is 2.43. The molecule has 0 radical (unpaired) electrons. The lowest BCUT2D eigenvalue weighted by molar-refractivity contribution is -0.384. The third kappa shape index (κ3) is 5.72. The lowest BCUT2D eigenvalue weighted by Crippen LogP contribution is -2.29. The van der Waals surface area contributed by atoms with Gasteiger partial charge in [-0.25, -0.2) is 4.79 Å². The van der Waals surface area contributed by atoms with Crippen LogP contribution in [0.5, 0.6) is 0 Å². The zero-order valence-corrected chi connectivity index (χ0v) is 24.3. The van der Waals surface area contributed by atoms with Crippen molar-refractivity contribution in [3.05, 3.63) is 136 Å². The van der Waals surface area contributed by atoms with Crippen LogP contribution < -0.4 is 10.2 Å². The predicted octanol–water partition coefficient (Wildman–Crippen LogP) is 7.58. The molecule has 0 aliphatic carbocycles. The van der Waals surface area contributed by atoms with Crippen molar-refractivity contribution in [2.45, 2.75) is 28.8 Å². The topological polar surface area (TPSA) is 122 Å². The van der Waals surface area contributed by atoms with Gasteiger partial charge in [-0.1, -0.05) is 23.9 Å². The molecule has 1 fully saturated rings. The minimum absolute atomic E-state index is 0.0526. The number of carboxylic acids is 1. The van der Waals surface area contributed by atoms with Gasteiger partial charge in [0.05, 0.1) is 22.2 Å². The second kappa shape index (κ2) is 11.7. The lowest BCUT2D eigenvalue weighted by atomic mass is 10.0. The zero-order valence-electron chi connectivity index (χ0n) is 22.7. The standard InChI is InChI=1S/C32H24N4O5S2/c1-19-18-20(31(37)38)5-14-25(19)27-15-16-28(41-27)30-29(26-4-2-3-17-33-26)34-32(42)35(30)21-6-10-23(11-7-21)43-24-12-8-22(9-13-24)36(39)40/h2-18,29-30H,1H3,(H,34,42)(H,37,38)/t29-,30-/m1/s1. The maximum Gasteiger partial charge on any atom is 0.335 e. The molecule has 0 bridgehead atoms. The molecule has 0 amide bonds. The van der Waals surface area contributed by atoms with Crippen molar-refractivity contribution >= 4 is 46.4 Å². The first-order chi connectivity index (χ1) is 20.8. The van der Waals surface area contributed by atoms with E-state index < -0.39 is 10.9 Å². The van der Waals surface area contributed by atoms with E-state index in [4.69, 9.17) is 16.6 Å². The Hall–Kier alpha value is -5.00. The molecule has 0 unspecified atom stereocenters. The molecular weight excluding hydrogens is 585 g/mol. The summed E-state index contributed by atoms with van der Waals surface area (Å²) in [6, 6.07) is 28.2. The quantitative estimate of drug-likeness (QED) is 0.104. The molecule has 2 N–H and O–H groups in total. The Morgan fingerprint density at radius 3 is 2.37 bits per heavy atom. The number of nitrogens with zero attached hydrogens (tertiary/aromatic N) is 3. The van der Waals surface area contributed by atoms with Gasteiger partial charge in [0.25, 0.3) is 5.69 Å². The SMILES string of the molecule is Cc1cc(C(=O)O)ccc1-c1ccc([C@@H]2[C@@H](c3ccccn3)NC(=S)N2c2ccc(Sc3ccc([N+](=O)[O-])cc3)cc2)o1. The fourth-order valence-corrected chi connectivity index (χ4v) is 6.26. The summed E-state index contributed by atoms with van der Waals surface area (Å²) >= 11 is 7.34. The van der Waals surface area contributed by atoms with Gasteiger partial charge < -0.3 is 19.7 Å². The maximum absolute atomic E-state index is 11.4. The molecule has 1 aliphatic heterocycles. The van der Waals surface area contributed by atoms with E-state index in [1.807, 2.05) is 66.4 Å². The van der Waals surface area contributed by atoms with Crippen LogP contribution in [0.2, 0.25) is 0 Å². The summed E-state index contributed by atoms with van der Waals surface area (Å²) < 4.78 is 6.45. The highest BCUT2D eigenvalue weighted by molar-refractivity contribution is 7.99. The van der Waals surface area contributed by atoms with E-state index in [1.54, 1.807) is 36.5 Å². The number of aryl methyl sites for hydroxylation is 1. The Bertz CT molecular complexity index is 1830. The van der Waals surface area contributed by atoms with E-state index >= 15 is 0 Å². The van der Waals surface area contributed by atoms with Crippen molar-refractivity contribution in [1.29, 1.82) is 0 Å². The van der Waals surface area contributed by atoms with Gasteiger partial charge >= 0.3 is 5.97 Å². The number of furan rings is 1. The van der Waals surface area contributed by atoms with Gasteiger partial charge in [0, 0.05) is 39.4 Å². The van der Waals surface area contributed by atoms with Gasteiger partial charge in [0.2, 0.25) is 0 Å². The van der Waals surface area contributed by atoms with Crippen molar-refractivity contribution in [2.24, 2.45) is 0 Å². The maximum atomic E-state index is 11.4. The summed E-state index contributed by atoms with van der Waals surface area (Å²) in [6.45, 7) is 1.86. The van der Waals surface area contributed by atoms with Crippen molar-refractivity contribution in [3.8, 4) is 11.3 Å². The third-order valence-electron chi connectivity index (χ3n) is 7.15. The van der Waals surface area contributed by atoms with Crippen molar-refractivity contribution < 1.29 is 19.2 Å². The fourth-order valence-electron chi connectivity index (χ4n) is 5.10. The Balaban J connectivity index is 1.32. The Morgan fingerprint density at radius 1 is 1.02 bits per heavy atom. The van der Waals surface area contributed by atoms with Crippen LogP contribution in [-0.4, -0.2) is 26.1 Å². The third-order valence-corrected chi connectivity index (χ3v) is 8.48. The number of carbonyl (C=O) groups is 1. The molecular formula is C32H24N4O5S2. The number of non-ortho nitro benzene ring substituents is 1. The van der Waals surface area contributed by atoms with Gasteiger partial charge in [-0.05, 0) is 97.5 Å². The minimum atomic E-state index is -0.980. The monoisotopic (exact) mass is 608 g/mol. The van der Waals surface area contributed by atoms with Crippen LogP contribution in [0.15, 0.2) is 117 Å². The van der Waals surface area contributed by atoms with E-state index in [0.717, 1.165) is 32.3 Å². The van der Waals surface area contributed by atoms with E-state index in [9.17, 15) is 20.0 Å². The molecule has 6 rings (SSSR count). The molecule has 9 nitrogen and oxygen atoms in total. The number of aromatic carboxylic acids is 1. The van der Waals surface area contributed by atoms with Crippen LogP contribution in [0, 0.1) is 17.0 Å². The summed E-state index contributed by atoms with van der Waals surface area (Å²) in [5.41, 5.74) is 3.53. The van der Waals surface area contributed by atoms with Gasteiger partial charge in [-0.2, -0.15) is 0 Å². The number of carboxylic acid groups (broad SMARTS) is 1. The summed E-state index contributed by atoms with van der Waals surface area (Å²) in [5, 5.41) is 24.3. The summed E-state index contributed by atoms with van der Waals surface area (Å²) in [6.07, 6.45) is 1.74. The average molecular weight is 609 g/mol. The number of anilines is 1. The van der Waals surface area contributed by atoms with Crippen molar-refractivity contribution in [1.82, 2.24) is 10.3 Å². The highest BCUT2D eigenvalue weighted by Gasteiger charge is 2.42. The number of hydrogen-bond donors (Lipinski definition) is 2. The van der Waals surface area contributed by atoms with Crippen LogP contribution >= 0.6 is 24.0 Å². The number of aromatic nitrogens is 1. The molecule has 3 aromatic carbocycles. The van der Waals surface area contributed by atoms with Crippen LogP contribution in [0.3, 0.4) is 0 Å². The molecule has 0 spiro atoms. The molecule has 11 heteroatoms.